The van der Waals surface area contributed by atoms with Crippen LogP contribution in [0.15, 0.2) is 46.9 Å². The first-order chi connectivity index (χ1) is 16.1. The molecule has 3 aromatic rings. The van der Waals surface area contributed by atoms with E-state index in [0.29, 0.717) is 31.5 Å². The van der Waals surface area contributed by atoms with E-state index in [-0.39, 0.29) is 63.0 Å². The number of benzene rings is 1. The van der Waals surface area contributed by atoms with Crippen LogP contribution in [-0.4, -0.2) is 92.0 Å². The van der Waals surface area contributed by atoms with E-state index in [9.17, 15) is 27.9 Å². The number of halogens is 3. The van der Waals surface area contributed by atoms with Gasteiger partial charge in [-0.15, -0.1) is 22.7 Å². The van der Waals surface area contributed by atoms with E-state index in [2.05, 4.69) is 10.5 Å². The van der Waals surface area contributed by atoms with E-state index in [4.69, 9.17) is 0 Å². The molecule has 2 amide bonds. The molecule has 0 bridgehead atoms. The van der Waals surface area contributed by atoms with Gasteiger partial charge in [-0.25, -0.2) is 5.43 Å². The number of carbonyl (C=O) groups is 2. The second kappa shape index (κ2) is 11.7. The maximum absolute atomic E-state index is 12.8. The molecule has 180 valence electrons. The average molecular weight is 548 g/mol. The Morgan fingerprint density at radius 1 is 1.06 bits per heavy atom. The number of rotatable bonds is 5. The van der Waals surface area contributed by atoms with E-state index in [1.54, 1.807) is 29.3 Å². The molecular weight excluding hydrogens is 526 g/mol. The molecule has 35 heavy (non-hydrogen) atoms. The fraction of sp³-hybridized carbons (Fsp3) is 0.261. The summed E-state index contributed by atoms with van der Waals surface area (Å²) < 4.78 is 38.3. The Bertz CT molecular complexity index is 1250. The molecular formula is C23H21F3KN3O3S2. The molecule has 4 rings (SSSR count). The number of hydrogen-bond acceptors (Lipinski definition) is 6. The molecule has 1 aliphatic rings. The summed E-state index contributed by atoms with van der Waals surface area (Å²) in [5.74, 6) is -0.697. The summed E-state index contributed by atoms with van der Waals surface area (Å²) in [5.41, 5.74) is 2.77. The molecule has 1 aromatic carbocycles. The molecule has 0 radical (unpaired) electrons. The van der Waals surface area contributed by atoms with Crippen molar-refractivity contribution in [2.75, 3.05) is 13.1 Å². The molecule has 6 nitrogen and oxygen atoms in total. The van der Waals surface area contributed by atoms with Gasteiger partial charge in [0.15, 0.2) is 0 Å². The molecule has 1 fully saturated rings. The third kappa shape index (κ3) is 6.42. The molecule has 0 spiro atoms. The quantitative estimate of drug-likeness (QED) is 0.270. The number of carbonyl (C=O) groups excluding carboxylic acids is 2. The summed E-state index contributed by atoms with van der Waals surface area (Å²) in [5, 5.41) is 16.2. The van der Waals surface area contributed by atoms with Gasteiger partial charge in [-0.3, -0.25) is 9.59 Å². The summed E-state index contributed by atoms with van der Waals surface area (Å²) in [6.45, 7) is 3.04. The van der Waals surface area contributed by atoms with Gasteiger partial charge in [0.25, 0.3) is 11.8 Å². The van der Waals surface area contributed by atoms with Crippen LogP contribution in [-0.2, 0) is 6.18 Å². The van der Waals surface area contributed by atoms with E-state index in [1.807, 2.05) is 0 Å². The van der Waals surface area contributed by atoms with Crippen molar-refractivity contribution >= 4 is 91.6 Å². The van der Waals surface area contributed by atoms with Gasteiger partial charge in [0.1, 0.15) is 5.75 Å². The topological polar surface area (TPSA) is 82.0 Å². The SMILES string of the molecule is CC(=NNC(=O)c1ccc(C(=O)N2CCCC2)s1)c1csc(-c2ccc(C(F)(F)F)cc2)c1O.[KH]. The first kappa shape index (κ1) is 28.0. The Morgan fingerprint density at radius 3 is 2.31 bits per heavy atom. The third-order valence-electron chi connectivity index (χ3n) is 5.39. The second-order valence-corrected chi connectivity index (χ2v) is 9.67. The first-order valence-corrected chi connectivity index (χ1v) is 12.1. The molecule has 0 aliphatic carbocycles. The molecule has 12 heteroatoms. The van der Waals surface area contributed by atoms with Gasteiger partial charge < -0.3 is 10.0 Å². The van der Waals surface area contributed by atoms with Crippen molar-refractivity contribution in [1.29, 1.82) is 0 Å². The number of nitrogens with one attached hydrogen (secondary N) is 1. The number of hydrazone groups is 1. The predicted molar refractivity (Wildman–Crippen MR) is 133 cm³/mol. The number of nitrogens with zero attached hydrogens (tertiary/aromatic N) is 2. The van der Waals surface area contributed by atoms with Crippen molar-refractivity contribution in [1.82, 2.24) is 10.3 Å². The Kier molecular flexibility index (Phi) is 9.35. The van der Waals surface area contributed by atoms with E-state index < -0.39 is 17.6 Å². The molecule has 3 heterocycles. The van der Waals surface area contributed by atoms with Crippen LogP contribution in [0.4, 0.5) is 13.2 Å². The van der Waals surface area contributed by atoms with Crippen LogP contribution in [0, 0.1) is 0 Å². The Labute approximate surface area is 250 Å². The van der Waals surface area contributed by atoms with Gasteiger partial charge >= 0.3 is 57.6 Å². The standard InChI is InChI=1S/C23H20F3N3O3S2.K.H/c1-13(16-12-33-20(19(16)30)14-4-6-15(7-5-14)23(24,25)26)27-28-21(31)17-8-9-18(34-17)22(32)29-10-2-3-11-29;;/h4-9,12,30H,2-3,10-11H2,1H3,(H,28,31);;. The Hall–Kier alpha value is -1.54. The summed E-state index contributed by atoms with van der Waals surface area (Å²) >= 11 is 2.25. The van der Waals surface area contributed by atoms with Gasteiger partial charge in [-0.2, -0.15) is 18.3 Å². The molecule has 0 atom stereocenters. The van der Waals surface area contributed by atoms with Crippen molar-refractivity contribution in [3.63, 3.8) is 0 Å². The molecule has 1 aliphatic heterocycles. The van der Waals surface area contributed by atoms with Crippen LogP contribution in [0.3, 0.4) is 0 Å². The number of likely N-dealkylation sites (tertiary alicyclic amines) is 1. The van der Waals surface area contributed by atoms with Crippen LogP contribution in [0.1, 0.15) is 50.2 Å². The predicted octanol–water partition coefficient (Wildman–Crippen LogP) is 4.94. The van der Waals surface area contributed by atoms with Gasteiger partial charge in [0.05, 0.1) is 31.5 Å². The number of hydrogen-bond donors (Lipinski definition) is 2. The summed E-state index contributed by atoms with van der Waals surface area (Å²) in [4.78, 5) is 27.9. The fourth-order valence-corrected chi connectivity index (χ4v) is 5.40. The van der Waals surface area contributed by atoms with Gasteiger partial charge in [0, 0.05) is 18.5 Å². The normalized spacial score (nSPS) is 14.1. The van der Waals surface area contributed by atoms with E-state index >= 15 is 0 Å². The molecule has 0 saturated carbocycles. The monoisotopic (exact) mass is 547 g/mol. The van der Waals surface area contributed by atoms with Crippen molar-refractivity contribution in [3.8, 4) is 16.2 Å². The van der Waals surface area contributed by atoms with Crippen LogP contribution in [0.2, 0.25) is 0 Å². The van der Waals surface area contributed by atoms with Crippen molar-refractivity contribution in [2.24, 2.45) is 5.10 Å². The molecule has 1 saturated heterocycles. The zero-order valence-corrected chi connectivity index (χ0v) is 19.6. The number of thiophene rings is 2. The van der Waals surface area contributed by atoms with Crippen molar-refractivity contribution < 1.29 is 27.9 Å². The third-order valence-corrected chi connectivity index (χ3v) is 7.48. The van der Waals surface area contributed by atoms with E-state index in [1.165, 1.54) is 12.1 Å². The zero-order chi connectivity index (χ0) is 24.5. The minimum absolute atomic E-state index is 0. The molecule has 2 aromatic heterocycles. The number of amides is 2. The summed E-state index contributed by atoms with van der Waals surface area (Å²) in [6.07, 6.45) is -2.48. The van der Waals surface area contributed by atoms with Crippen molar-refractivity contribution in [3.05, 3.63) is 62.7 Å². The Morgan fingerprint density at radius 2 is 1.69 bits per heavy atom. The van der Waals surface area contributed by atoms with Crippen LogP contribution in [0.25, 0.3) is 10.4 Å². The fourth-order valence-electron chi connectivity index (χ4n) is 3.52. The molecule has 0 unspecified atom stereocenters. The van der Waals surface area contributed by atoms with E-state index in [0.717, 1.165) is 60.7 Å². The summed E-state index contributed by atoms with van der Waals surface area (Å²) in [6, 6.07) is 7.70. The van der Waals surface area contributed by atoms with Gasteiger partial charge in [-0.1, -0.05) is 12.1 Å². The number of aromatic hydroxyl groups is 1. The Balaban J connectivity index is 0.00000342. The van der Waals surface area contributed by atoms with Crippen LogP contribution in [0.5, 0.6) is 5.75 Å². The molecule has 2 N–H and O–H groups in total. The average Bonchev–Trinajstić information content (AvgIpc) is 3.57. The van der Waals surface area contributed by atoms with Crippen molar-refractivity contribution in [2.45, 2.75) is 25.9 Å². The zero-order valence-electron chi connectivity index (χ0n) is 18.0. The second-order valence-electron chi connectivity index (χ2n) is 7.70. The minimum atomic E-state index is -4.44. The maximum atomic E-state index is 12.8. The van der Waals surface area contributed by atoms with Gasteiger partial charge in [-0.05, 0) is 49.6 Å². The van der Waals surface area contributed by atoms with Crippen LogP contribution < -0.4 is 5.43 Å². The van der Waals surface area contributed by atoms with Gasteiger partial charge in [0.2, 0.25) is 0 Å². The summed E-state index contributed by atoms with van der Waals surface area (Å²) in [7, 11) is 0. The first-order valence-electron chi connectivity index (χ1n) is 10.4. The van der Waals surface area contributed by atoms with Crippen LogP contribution >= 0.6 is 22.7 Å². The number of alkyl halides is 3.